The number of carbonyl (C=O) groups is 2. The molecule has 4 heteroatoms. The molecular weight excluding hydrogens is 254 g/mol. The van der Waals surface area contributed by atoms with Gasteiger partial charge < -0.3 is 10.1 Å². The predicted molar refractivity (Wildman–Crippen MR) is 77.1 cm³/mol. The first-order chi connectivity index (χ1) is 9.65. The van der Waals surface area contributed by atoms with Crippen LogP contribution in [-0.4, -0.2) is 18.0 Å². The number of allylic oxidation sites excluding steroid dienone is 2. The van der Waals surface area contributed by atoms with E-state index in [1.165, 1.54) is 0 Å². The molecule has 0 saturated heterocycles. The third kappa shape index (κ3) is 4.23. The lowest BCUT2D eigenvalue weighted by atomic mass is 10.1. The number of para-hydroxylation sites is 1. The molecule has 1 aliphatic rings. The van der Waals surface area contributed by atoms with E-state index in [4.69, 9.17) is 4.74 Å². The monoisotopic (exact) mass is 273 g/mol. The second-order valence-electron chi connectivity index (χ2n) is 4.96. The smallest absolute Gasteiger partial charge is 0.307 e. The molecule has 0 heterocycles. The number of nitrogens with one attached hydrogen (secondary N) is 1. The number of hydrogen-bond donors (Lipinski definition) is 1. The van der Waals surface area contributed by atoms with Gasteiger partial charge in [-0.25, -0.2) is 0 Å². The lowest BCUT2D eigenvalue weighted by Crippen LogP contribution is -2.30. The van der Waals surface area contributed by atoms with Gasteiger partial charge in [0.1, 0.15) is 0 Å². The Morgan fingerprint density at radius 2 is 2.10 bits per heavy atom. The molecule has 0 saturated carbocycles. The molecule has 0 radical (unpaired) electrons. The number of carbonyl (C=O) groups excluding carboxylic acids is 2. The van der Waals surface area contributed by atoms with Gasteiger partial charge in [0.2, 0.25) is 0 Å². The second-order valence-corrected chi connectivity index (χ2v) is 4.96. The third-order valence-electron chi connectivity index (χ3n) is 3.26. The highest BCUT2D eigenvalue weighted by molar-refractivity contribution is 5.95. The van der Waals surface area contributed by atoms with Gasteiger partial charge in [0.15, 0.2) is 6.10 Å². The van der Waals surface area contributed by atoms with Crippen LogP contribution in [0.2, 0.25) is 0 Å². The van der Waals surface area contributed by atoms with E-state index in [1.807, 2.05) is 24.3 Å². The zero-order chi connectivity index (χ0) is 14.4. The Bertz CT molecular complexity index is 496. The fraction of sp³-hybridized carbons (Fsp3) is 0.375. The summed E-state index contributed by atoms with van der Waals surface area (Å²) in [5.41, 5.74) is 0.694. The minimum absolute atomic E-state index is 0.256. The molecule has 4 nitrogen and oxygen atoms in total. The Labute approximate surface area is 118 Å². The molecule has 2 rings (SSSR count). The highest BCUT2D eigenvalue weighted by Crippen LogP contribution is 2.21. The topological polar surface area (TPSA) is 55.4 Å². The first kappa shape index (κ1) is 14.3. The zero-order valence-electron chi connectivity index (χ0n) is 11.5. The quantitative estimate of drug-likeness (QED) is 0.663. The van der Waals surface area contributed by atoms with Crippen LogP contribution in [0.4, 0.5) is 5.69 Å². The maximum atomic E-state index is 11.9. The first-order valence-electron chi connectivity index (χ1n) is 6.87. The maximum Gasteiger partial charge on any atom is 0.307 e. The molecular formula is C16H19NO3. The lowest BCUT2D eigenvalue weighted by molar-refractivity contribution is -0.153. The highest BCUT2D eigenvalue weighted by atomic mass is 16.5. The van der Waals surface area contributed by atoms with Crippen LogP contribution in [-0.2, 0) is 14.3 Å². The van der Waals surface area contributed by atoms with E-state index in [2.05, 4.69) is 11.4 Å². The molecule has 1 N–H and O–H groups in total. The molecule has 0 bridgehead atoms. The van der Waals surface area contributed by atoms with Crippen molar-refractivity contribution in [3.63, 3.8) is 0 Å². The Morgan fingerprint density at radius 1 is 1.35 bits per heavy atom. The number of esters is 1. The Kier molecular flexibility index (Phi) is 4.93. The number of rotatable bonds is 5. The molecule has 0 spiro atoms. The van der Waals surface area contributed by atoms with Crippen molar-refractivity contribution in [2.45, 2.75) is 32.3 Å². The second kappa shape index (κ2) is 6.89. The van der Waals surface area contributed by atoms with Crippen LogP contribution in [0.25, 0.3) is 0 Å². The van der Waals surface area contributed by atoms with Gasteiger partial charge in [-0.05, 0) is 37.8 Å². The fourth-order valence-corrected chi connectivity index (χ4v) is 2.14. The molecule has 0 fully saturated rings. The van der Waals surface area contributed by atoms with Crippen LogP contribution in [0.3, 0.4) is 0 Å². The standard InChI is InChI=1S/C16H19NO3/c1-12(16(19)17-14-9-3-2-4-10-14)20-15(18)11-13-7-5-6-8-13/h2-5,7,9-10,12-13H,6,8,11H2,1H3,(H,17,19)/t12-,13+/m1/s1. The summed E-state index contributed by atoms with van der Waals surface area (Å²) in [6.07, 6.45) is 5.67. The summed E-state index contributed by atoms with van der Waals surface area (Å²) >= 11 is 0. The third-order valence-corrected chi connectivity index (χ3v) is 3.26. The van der Waals surface area contributed by atoms with Crippen LogP contribution < -0.4 is 5.32 Å². The van der Waals surface area contributed by atoms with E-state index in [0.29, 0.717) is 12.1 Å². The average Bonchev–Trinajstić information content (AvgIpc) is 2.92. The van der Waals surface area contributed by atoms with Crippen molar-refractivity contribution in [3.8, 4) is 0 Å². The van der Waals surface area contributed by atoms with Crippen molar-refractivity contribution in [3.05, 3.63) is 42.5 Å². The maximum absolute atomic E-state index is 11.9. The van der Waals surface area contributed by atoms with Gasteiger partial charge in [0, 0.05) is 5.69 Å². The molecule has 106 valence electrons. The average molecular weight is 273 g/mol. The minimum Gasteiger partial charge on any atom is -0.453 e. The summed E-state index contributed by atoms with van der Waals surface area (Å²) in [4.78, 5) is 23.6. The Hall–Kier alpha value is -2.10. The van der Waals surface area contributed by atoms with E-state index in [1.54, 1.807) is 19.1 Å². The van der Waals surface area contributed by atoms with Crippen LogP contribution in [0.5, 0.6) is 0 Å². The van der Waals surface area contributed by atoms with E-state index in [9.17, 15) is 9.59 Å². The molecule has 20 heavy (non-hydrogen) atoms. The van der Waals surface area contributed by atoms with Gasteiger partial charge in [0.05, 0.1) is 6.42 Å². The summed E-state index contributed by atoms with van der Waals surface area (Å²) < 4.78 is 5.16. The van der Waals surface area contributed by atoms with Crippen LogP contribution in [0.15, 0.2) is 42.5 Å². The van der Waals surface area contributed by atoms with Crippen molar-refractivity contribution in [1.82, 2.24) is 0 Å². The van der Waals surface area contributed by atoms with Crippen molar-refractivity contribution in [1.29, 1.82) is 0 Å². The summed E-state index contributed by atoms with van der Waals surface area (Å²) in [6, 6.07) is 9.11. The van der Waals surface area contributed by atoms with Crippen LogP contribution >= 0.6 is 0 Å². The molecule has 2 atom stereocenters. The van der Waals surface area contributed by atoms with Gasteiger partial charge in [-0.15, -0.1) is 0 Å². The minimum atomic E-state index is -0.784. The molecule has 1 aromatic carbocycles. The fourth-order valence-electron chi connectivity index (χ4n) is 2.14. The zero-order valence-corrected chi connectivity index (χ0v) is 11.5. The Morgan fingerprint density at radius 3 is 2.75 bits per heavy atom. The Balaban J connectivity index is 1.78. The van der Waals surface area contributed by atoms with E-state index < -0.39 is 6.10 Å². The van der Waals surface area contributed by atoms with Crippen molar-refractivity contribution in [2.75, 3.05) is 5.32 Å². The van der Waals surface area contributed by atoms with Crippen molar-refractivity contribution in [2.24, 2.45) is 5.92 Å². The van der Waals surface area contributed by atoms with Gasteiger partial charge in [-0.2, -0.15) is 0 Å². The highest BCUT2D eigenvalue weighted by Gasteiger charge is 2.20. The molecule has 0 unspecified atom stereocenters. The molecule has 1 aromatic rings. The van der Waals surface area contributed by atoms with E-state index in [-0.39, 0.29) is 17.8 Å². The van der Waals surface area contributed by atoms with E-state index in [0.717, 1.165) is 12.8 Å². The van der Waals surface area contributed by atoms with Gasteiger partial charge in [0.25, 0.3) is 5.91 Å². The number of hydrogen-bond acceptors (Lipinski definition) is 3. The summed E-state index contributed by atoms with van der Waals surface area (Å²) in [5.74, 6) is -0.379. The van der Waals surface area contributed by atoms with Crippen LogP contribution in [0.1, 0.15) is 26.2 Å². The van der Waals surface area contributed by atoms with Crippen molar-refractivity contribution < 1.29 is 14.3 Å². The normalized spacial score (nSPS) is 18.6. The largest absolute Gasteiger partial charge is 0.453 e. The first-order valence-corrected chi connectivity index (χ1v) is 6.87. The van der Waals surface area contributed by atoms with Gasteiger partial charge in [-0.3, -0.25) is 9.59 Å². The summed E-state index contributed by atoms with van der Waals surface area (Å²) in [6.45, 7) is 1.58. The van der Waals surface area contributed by atoms with E-state index >= 15 is 0 Å². The molecule has 0 aromatic heterocycles. The molecule has 0 aliphatic heterocycles. The number of amides is 1. The molecule has 1 aliphatic carbocycles. The summed E-state index contributed by atoms with van der Waals surface area (Å²) in [5, 5.41) is 2.71. The van der Waals surface area contributed by atoms with Crippen LogP contribution in [0, 0.1) is 5.92 Å². The lowest BCUT2D eigenvalue weighted by Gasteiger charge is -2.14. The SMILES string of the molecule is C[C@@H](OC(=O)C[C@H]1C=CCC1)C(=O)Nc1ccccc1. The number of anilines is 1. The molecule has 1 amide bonds. The predicted octanol–water partition coefficient (Wildman–Crippen LogP) is 2.91. The van der Waals surface area contributed by atoms with Gasteiger partial charge in [-0.1, -0.05) is 30.4 Å². The summed E-state index contributed by atoms with van der Waals surface area (Å²) in [7, 11) is 0. The number of ether oxygens (including phenoxy) is 1. The van der Waals surface area contributed by atoms with Crippen molar-refractivity contribution >= 4 is 17.6 Å². The van der Waals surface area contributed by atoms with Gasteiger partial charge >= 0.3 is 5.97 Å². The number of benzene rings is 1.